The maximum atomic E-state index is 13.3. The lowest BCUT2D eigenvalue weighted by Crippen LogP contribution is -2.53. The van der Waals surface area contributed by atoms with Crippen molar-refractivity contribution in [2.24, 2.45) is 0 Å². The first-order valence-corrected chi connectivity index (χ1v) is 9.41. The van der Waals surface area contributed by atoms with Gasteiger partial charge in [0.1, 0.15) is 5.82 Å². The number of anilines is 1. The molecular formula is C18H21FN2O2S. The molecule has 0 amide bonds. The van der Waals surface area contributed by atoms with E-state index in [2.05, 4.69) is 4.90 Å². The van der Waals surface area contributed by atoms with Crippen LogP contribution in [0.2, 0.25) is 0 Å². The van der Waals surface area contributed by atoms with Crippen LogP contribution in [0, 0.1) is 12.7 Å². The highest BCUT2D eigenvalue weighted by atomic mass is 32.2. The highest BCUT2D eigenvalue weighted by Gasteiger charge is 2.33. The van der Waals surface area contributed by atoms with E-state index in [0.717, 1.165) is 5.69 Å². The van der Waals surface area contributed by atoms with E-state index in [0.29, 0.717) is 25.2 Å². The van der Waals surface area contributed by atoms with E-state index in [9.17, 15) is 12.8 Å². The van der Waals surface area contributed by atoms with Crippen molar-refractivity contribution in [2.45, 2.75) is 24.8 Å². The third kappa shape index (κ3) is 3.16. The molecule has 0 aliphatic carbocycles. The Bertz CT molecular complexity index is 824. The Kier molecular flexibility index (Phi) is 4.60. The molecule has 0 bridgehead atoms. The van der Waals surface area contributed by atoms with Crippen molar-refractivity contribution >= 4 is 15.7 Å². The van der Waals surface area contributed by atoms with Crippen LogP contribution in [0.25, 0.3) is 0 Å². The average Bonchev–Trinajstić information content (AvgIpc) is 2.55. The predicted octanol–water partition coefficient (Wildman–Crippen LogP) is 3.03. The number of aryl methyl sites for hydroxylation is 1. The Morgan fingerprint density at radius 1 is 1.08 bits per heavy atom. The third-order valence-corrected chi connectivity index (χ3v) is 6.46. The standard InChI is InChI=1S/C18H21FN2O2S/c1-14-12-16(19)8-9-18(14)24(22,23)20-10-11-21(15(2)13-20)17-6-4-3-5-7-17/h3-9,12,15H,10-11,13H2,1-2H3. The van der Waals surface area contributed by atoms with Crippen LogP contribution in [0.3, 0.4) is 0 Å². The molecule has 0 radical (unpaired) electrons. The summed E-state index contributed by atoms with van der Waals surface area (Å²) in [6.45, 7) is 5.10. The van der Waals surface area contributed by atoms with Gasteiger partial charge in [0.05, 0.1) is 4.90 Å². The quantitative estimate of drug-likeness (QED) is 0.856. The number of sulfonamides is 1. The van der Waals surface area contributed by atoms with Gasteiger partial charge < -0.3 is 4.90 Å². The number of nitrogens with zero attached hydrogens (tertiary/aromatic N) is 2. The van der Waals surface area contributed by atoms with E-state index >= 15 is 0 Å². The monoisotopic (exact) mass is 348 g/mol. The van der Waals surface area contributed by atoms with E-state index in [1.807, 2.05) is 37.3 Å². The van der Waals surface area contributed by atoms with Crippen molar-refractivity contribution in [1.29, 1.82) is 0 Å². The summed E-state index contributed by atoms with van der Waals surface area (Å²) in [6, 6.07) is 13.9. The van der Waals surface area contributed by atoms with Crippen LogP contribution in [-0.2, 0) is 10.0 Å². The topological polar surface area (TPSA) is 40.6 Å². The largest absolute Gasteiger partial charge is 0.366 e. The van der Waals surface area contributed by atoms with Gasteiger partial charge in [-0.3, -0.25) is 0 Å². The molecule has 1 fully saturated rings. The summed E-state index contributed by atoms with van der Waals surface area (Å²) in [7, 11) is -3.61. The van der Waals surface area contributed by atoms with Crippen molar-refractivity contribution in [2.75, 3.05) is 24.5 Å². The number of benzene rings is 2. The first-order chi connectivity index (χ1) is 11.4. The minimum Gasteiger partial charge on any atom is -0.366 e. The molecule has 0 saturated carbocycles. The first kappa shape index (κ1) is 16.9. The Labute approximate surface area is 142 Å². The lowest BCUT2D eigenvalue weighted by atomic mass is 10.2. The maximum absolute atomic E-state index is 13.3. The second kappa shape index (κ2) is 6.53. The number of hydrogen-bond acceptors (Lipinski definition) is 3. The molecule has 1 unspecified atom stereocenters. The fraction of sp³-hybridized carbons (Fsp3) is 0.333. The van der Waals surface area contributed by atoms with Crippen molar-refractivity contribution in [3.05, 3.63) is 59.9 Å². The molecule has 3 rings (SSSR count). The molecule has 1 atom stereocenters. The van der Waals surface area contributed by atoms with Gasteiger partial charge in [0.15, 0.2) is 0 Å². The number of hydrogen-bond donors (Lipinski definition) is 0. The molecule has 1 aliphatic rings. The van der Waals surface area contributed by atoms with Gasteiger partial charge in [-0.15, -0.1) is 0 Å². The molecular weight excluding hydrogens is 327 g/mol. The zero-order valence-corrected chi connectivity index (χ0v) is 14.6. The molecule has 0 N–H and O–H groups in total. The van der Waals surface area contributed by atoms with E-state index < -0.39 is 15.8 Å². The number of para-hydroxylation sites is 1. The minimum absolute atomic E-state index is 0.0664. The van der Waals surface area contributed by atoms with Gasteiger partial charge in [-0.1, -0.05) is 18.2 Å². The van der Waals surface area contributed by atoms with Crippen LogP contribution in [0.5, 0.6) is 0 Å². The smallest absolute Gasteiger partial charge is 0.243 e. The normalized spacial score (nSPS) is 19.5. The fourth-order valence-corrected chi connectivity index (χ4v) is 4.90. The minimum atomic E-state index is -3.61. The third-order valence-electron chi connectivity index (χ3n) is 4.43. The zero-order chi connectivity index (χ0) is 17.3. The van der Waals surface area contributed by atoms with Crippen LogP contribution in [0.1, 0.15) is 12.5 Å². The number of halogens is 1. The van der Waals surface area contributed by atoms with Crippen molar-refractivity contribution in [1.82, 2.24) is 4.31 Å². The molecule has 2 aromatic carbocycles. The molecule has 0 spiro atoms. The van der Waals surface area contributed by atoms with Crippen molar-refractivity contribution in [3.8, 4) is 0 Å². The Balaban J connectivity index is 1.82. The van der Waals surface area contributed by atoms with Gasteiger partial charge in [-0.2, -0.15) is 4.31 Å². The van der Waals surface area contributed by atoms with E-state index in [1.54, 1.807) is 6.92 Å². The predicted molar refractivity (Wildman–Crippen MR) is 93.1 cm³/mol. The molecule has 24 heavy (non-hydrogen) atoms. The van der Waals surface area contributed by atoms with Gasteiger partial charge in [0.2, 0.25) is 10.0 Å². The average molecular weight is 348 g/mol. The summed E-state index contributed by atoms with van der Waals surface area (Å²) in [5, 5.41) is 0. The Morgan fingerprint density at radius 2 is 1.79 bits per heavy atom. The summed E-state index contributed by atoms with van der Waals surface area (Å²) in [5.74, 6) is -0.422. The molecule has 1 heterocycles. The summed E-state index contributed by atoms with van der Waals surface area (Å²) >= 11 is 0. The Hall–Kier alpha value is -1.92. The highest BCUT2D eigenvalue weighted by molar-refractivity contribution is 7.89. The van der Waals surface area contributed by atoms with E-state index in [4.69, 9.17) is 0 Å². The molecule has 6 heteroatoms. The molecule has 4 nitrogen and oxygen atoms in total. The molecule has 0 aromatic heterocycles. The van der Waals surface area contributed by atoms with Gasteiger partial charge in [-0.25, -0.2) is 12.8 Å². The van der Waals surface area contributed by atoms with E-state index in [-0.39, 0.29) is 10.9 Å². The van der Waals surface area contributed by atoms with Gasteiger partial charge >= 0.3 is 0 Å². The summed E-state index contributed by atoms with van der Waals surface area (Å²) in [6.07, 6.45) is 0. The highest BCUT2D eigenvalue weighted by Crippen LogP contribution is 2.26. The van der Waals surface area contributed by atoms with Gasteiger partial charge in [0.25, 0.3) is 0 Å². The van der Waals surface area contributed by atoms with Crippen LogP contribution < -0.4 is 4.90 Å². The molecule has 1 saturated heterocycles. The second-order valence-electron chi connectivity index (χ2n) is 6.15. The van der Waals surface area contributed by atoms with Gasteiger partial charge in [-0.05, 0) is 49.7 Å². The van der Waals surface area contributed by atoms with Crippen LogP contribution in [-0.4, -0.2) is 38.4 Å². The van der Waals surface area contributed by atoms with Crippen LogP contribution in [0.4, 0.5) is 10.1 Å². The summed E-state index contributed by atoms with van der Waals surface area (Å²) in [4.78, 5) is 2.40. The zero-order valence-electron chi connectivity index (χ0n) is 13.8. The maximum Gasteiger partial charge on any atom is 0.243 e. The first-order valence-electron chi connectivity index (χ1n) is 7.97. The van der Waals surface area contributed by atoms with Crippen molar-refractivity contribution < 1.29 is 12.8 Å². The summed E-state index contributed by atoms with van der Waals surface area (Å²) < 4.78 is 40.5. The molecule has 128 valence electrons. The fourth-order valence-electron chi connectivity index (χ4n) is 3.19. The molecule has 1 aliphatic heterocycles. The number of piperazine rings is 1. The lowest BCUT2D eigenvalue weighted by molar-refractivity contribution is 0.342. The van der Waals surface area contributed by atoms with Crippen molar-refractivity contribution in [3.63, 3.8) is 0 Å². The van der Waals surface area contributed by atoms with Crippen LogP contribution >= 0.6 is 0 Å². The Morgan fingerprint density at radius 3 is 2.42 bits per heavy atom. The van der Waals surface area contributed by atoms with Gasteiger partial charge in [0, 0.05) is 31.4 Å². The lowest BCUT2D eigenvalue weighted by Gasteiger charge is -2.40. The molecule has 2 aromatic rings. The van der Waals surface area contributed by atoms with Crippen LogP contribution in [0.15, 0.2) is 53.4 Å². The number of rotatable bonds is 3. The summed E-state index contributed by atoms with van der Waals surface area (Å²) in [5.41, 5.74) is 1.54. The van der Waals surface area contributed by atoms with E-state index in [1.165, 1.54) is 22.5 Å². The SMILES string of the molecule is Cc1cc(F)ccc1S(=O)(=O)N1CCN(c2ccccc2)C(C)C1. The second-order valence-corrected chi connectivity index (χ2v) is 8.06.